The lowest BCUT2D eigenvalue weighted by Gasteiger charge is -2.49. The van der Waals surface area contributed by atoms with Crippen molar-refractivity contribution in [2.45, 2.75) is 120 Å². The fraction of sp³-hybridized carbons (Fsp3) is 0.311. The van der Waals surface area contributed by atoms with Gasteiger partial charge in [-0.3, -0.25) is 0 Å². The molecule has 0 saturated heterocycles. The van der Waals surface area contributed by atoms with Crippen molar-refractivity contribution in [2.24, 2.45) is 0 Å². The fourth-order valence-electron chi connectivity index (χ4n) is 14.4. The van der Waals surface area contributed by atoms with E-state index in [2.05, 4.69) is 173 Å². The van der Waals surface area contributed by atoms with Crippen molar-refractivity contribution < 1.29 is 0 Å². The Labute approximate surface area is 384 Å². The Bertz CT molecular complexity index is 3280. The Kier molecular flexibility index (Phi) is 8.07. The van der Waals surface area contributed by atoms with Crippen molar-refractivity contribution >= 4 is 44.6 Å². The van der Waals surface area contributed by atoms with E-state index in [4.69, 9.17) is 9.97 Å². The molecule has 0 bridgehead atoms. The minimum Gasteiger partial charge on any atom is -0.319 e. The predicted octanol–water partition coefficient (Wildman–Crippen LogP) is 15.9. The average Bonchev–Trinajstić information content (AvgIpc) is 3.80. The average molecular weight is 847 g/mol. The summed E-state index contributed by atoms with van der Waals surface area (Å²) in [4.78, 5) is 15.0. The molecule has 2 fully saturated rings. The molecule has 0 amide bonds. The number of aromatic nitrogens is 2. The third kappa shape index (κ3) is 5.04. The minimum atomic E-state index is -0.201. The van der Waals surface area contributed by atoms with E-state index in [1.165, 1.54) is 127 Å². The molecule has 3 aliphatic carbocycles. The molecule has 4 heteroatoms. The first-order valence-electron chi connectivity index (χ1n) is 24.3. The van der Waals surface area contributed by atoms with E-state index in [9.17, 15) is 0 Å². The third-order valence-corrected chi connectivity index (χ3v) is 18.2. The Morgan fingerprint density at radius 2 is 0.892 bits per heavy atom. The van der Waals surface area contributed by atoms with Crippen LogP contribution in [0.15, 0.2) is 146 Å². The summed E-state index contributed by atoms with van der Waals surface area (Å²) in [5.41, 5.74) is 16.2. The lowest BCUT2D eigenvalue weighted by atomic mass is 9.61. The Morgan fingerprint density at radius 3 is 1.45 bits per heavy atom. The van der Waals surface area contributed by atoms with Gasteiger partial charge < -0.3 is 9.80 Å². The molecule has 4 nitrogen and oxygen atoms in total. The molecular formula is C61H58N4. The molecule has 2 aliphatic heterocycles. The molecular weight excluding hydrogens is 789 g/mol. The predicted molar refractivity (Wildman–Crippen MR) is 271 cm³/mol. The van der Waals surface area contributed by atoms with E-state index in [1.54, 1.807) is 0 Å². The summed E-state index contributed by atoms with van der Waals surface area (Å²) in [5, 5.41) is 5.36. The van der Waals surface area contributed by atoms with E-state index in [0.29, 0.717) is 0 Å². The van der Waals surface area contributed by atoms with Gasteiger partial charge in [0.15, 0.2) is 0 Å². The van der Waals surface area contributed by atoms with Gasteiger partial charge in [-0.05, 0) is 177 Å². The number of pyridine rings is 2. The van der Waals surface area contributed by atoms with E-state index in [-0.39, 0.29) is 27.3 Å². The standard InChI is InChI=1S/C61H58N4/c1-57(2)48-36-40(42-24-28-52-50(38-42)59(4)30-12-14-32-61(59,6)65(52)54-20-10-16-34-63-54)22-26-46(48)55-44-18-8-7-17-43(44)47-35-39(21-25-45(47)56(55)57)41-23-27-51-49(37-41)58(3)29-11-13-31-60(58,5)64(51)53-19-9-15-33-62-53/h7-10,15-28,33-38H,11-14,29-32H2,1-6H3. The molecule has 4 unspecified atom stereocenters. The summed E-state index contributed by atoms with van der Waals surface area (Å²) in [6, 6.07) is 51.1. The molecule has 4 atom stereocenters. The van der Waals surface area contributed by atoms with Crippen LogP contribution in [0.3, 0.4) is 0 Å². The summed E-state index contributed by atoms with van der Waals surface area (Å²) < 4.78 is 0. The number of hydrogen-bond acceptors (Lipinski definition) is 4. The number of fused-ring (bicyclic) bond motifs is 14. The minimum absolute atomic E-state index is 0.0269. The number of hydrogen-bond donors (Lipinski definition) is 0. The first-order valence-corrected chi connectivity index (χ1v) is 24.3. The van der Waals surface area contributed by atoms with Gasteiger partial charge in [-0.15, -0.1) is 0 Å². The van der Waals surface area contributed by atoms with E-state index >= 15 is 0 Å². The van der Waals surface area contributed by atoms with Gasteiger partial charge in [-0.25, -0.2) is 9.97 Å². The maximum absolute atomic E-state index is 4.91. The van der Waals surface area contributed by atoms with Crippen molar-refractivity contribution in [1.82, 2.24) is 9.97 Å². The van der Waals surface area contributed by atoms with Gasteiger partial charge >= 0.3 is 0 Å². The quantitative estimate of drug-likeness (QED) is 0.165. The van der Waals surface area contributed by atoms with Crippen LogP contribution in [0, 0.1) is 0 Å². The molecule has 6 aromatic carbocycles. The van der Waals surface area contributed by atoms with E-state index in [1.807, 2.05) is 24.5 Å². The van der Waals surface area contributed by atoms with Crippen LogP contribution in [0.1, 0.15) is 115 Å². The number of nitrogens with zero attached hydrogens (tertiary/aromatic N) is 4. The van der Waals surface area contributed by atoms with Crippen LogP contribution in [-0.4, -0.2) is 21.0 Å². The Balaban J connectivity index is 0.924. The Morgan fingerprint density at radius 1 is 0.415 bits per heavy atom. The zero-order chi connectivity index (χ0) is 44.1. The molecule has 2 saturated carbocycles. The first kappa shape index (κ1) is 39.1. The van der Waals surface area contributed by atoms with Crippen LogP contribution < -0.4 is 9.80 Å². The second-order valence-electron chi connectivity index (χ2n) is 21.6. The lowest BCUT2D eigenvalue weighted by molar-refractivity contribution is 0.194. The highest BCUT2D eigenvalue weighted by atomic mass is 15.3. The SMILES string of the molecule is CC1(C)c2cc(-c3ccc4c(c3)C3(C)CCCCC3(C)N4c3ccccn3)ccc2-c2c1c1ccc(-c3ccc4c(c3)C3(C)CCCCC3(C)N4c3ccccn3)cc1c1ccccc21. The highest BCUT2D eigenvalue weighted by Crippen LogP contribution is 2.63. The van der Waals surface area contributed by atoms with Crippen molar-refractivity contribution in [3.8, 4) is 33.4 Å². The highest BCUT2D eigenvalue weighted by Gasteiger charge is 2.59. The normalized spacial score (nSPS) is 25.8. The molecule has 322 valence electrons. The summed E-state index contributed by atoms with van der Waals surface area (Å²) in [6.45, 7) is 14.9. The molecule has 0 radical (unpaired) electrons. The first-order chi connectivity index (χ1) is 31.5. The summed E-state index contributed by atoms with van der Waals surface area (Å²) >= 11 is 0. The zero-order valence-electron chi connectivity index (χ0n) is 38.8. The maximum Gasteiger partial charge on any atom is 0.133 e. The fourth-order valence-corrected chi connectivity index (χ4v) is 14.4. The van der Waals surface area contributed by atoms with Crippen LogP contribution in [-0.2, 0) is 16.2 Å². The molecule has 0 N–H and O–H groups in total. The van der Waals surface area contributed by atoms with Crippen molar-refractivity contribution in [3.63, 3.8) is 0 Å². The number of benzene rings is 6. The maximum atomic E-state index is 4.91. The molecule has 65 heavy (non-hydrogen) atoms. The van der Waals surface area contributed by atoms with Gasteiger partial charge in [0.25, 0.3) is 0 Å². The molecule has 2 aromatic heterocycles. The highest BCUT2D eigenvalue weighted by molar-refractivity contribution is 6.19. The van der Waals surface area contributed by atoms with Crippen molar-refractivity contribution in [2.75, 3.05) is 9.80 Å². The Hall–Kier alpha value is -6.26. The zero-order valence-corrected chi connectivity index (χ0v) is 38.8. The summed E-state index contributed by atoms with van der Waals surface area (Å²) in [6.07, 6.45) is 13.6. The monoisotopic (exact) mass is 846 g/mol. The second kappa shape index (κ2) is 13.4. The van der Waals surface area contributed by atoms with Gasteiger partial charge in [0, 0.05) is 40.0 Å². The molecule has 0 spiro atoms. The van der Waals surface area contributed by atoms with E-state index in [0.717, 1.165) is 24.5 Å². The van der Waals surface area contributed by atoms with Gasteiger partial charge in [0.1, 0.15) is 11.6 Å². The largest absolute Gasteiger partial charge is 0.319 e. The van der Waals surface area contributed by atoms with Gasteiger partial charge in [0.2, 0.25) is 0 Å². The van der Waals surface area contributed by atoms with Crippen molar-refractivity contribution in [3.05, 3.63) is 168 Å². The molecule has 13 rings (SSSR count). The lowest BCUT2D eigenvalue weighted by Crippen LogP contribution is -2.54. The van der Waals surface area contributed by atoms with Gasteiger partial charge in [0.05, 0.1) is 11.1 Å². The van der Waals surface area contributed by atoms with Gasteiger partial charge in [-0.2, -0.15) is 0 Å². The van der Waals surface area contributed by atoms with Crippen LogP contribution in [0.2, 0.25) is 0 Å². The van der Waals surface area contributed by atoms with Gasteiger partial charge in [-0.1, -0.05) is 126 Å². The second-order valence-corrected chi connectivity index (χ2v) is 21.6. The van der Waals surface area contributed by atoms with E-state index < -0.39 is 0 Å². The molecule has 4 heterocycles. The van der Waals surface area contributed by atoms with Crippen LogP contribution in [0.25, 0.3) is 54.9 Å². The number of rotatable bonds is 4. The molecule has 5 aliphatic rings. The van der Waals surface area contributed by atoms with Crippen LogP contribution in [0.5, 0.6) is 0 Å². The smallest absolute Gasteiger partial charge is 0.133 e. The third-order valence-electron chi connectivity index (χ3n) is 18.2. The summed E-state index contributed by atoms with van der Waals surface area (Å²) in [5.74, 6) is 2.11. The van der Waals surface area contributed by atoms with Crippen molar-refractivity contribution in [1.29, 1.82) is 0 Å². The topological polar surface area (TPSA) is 32.3 Å². The van der Waals surface area contributed by atoms with Crippen LogP contribution in [0.4, 0.5) is 23.0 Å². The number of anilines is 4. The van der Waals surface area contributed by atoms with Crippen LogP contribution >= 0.6 is 0 Å². The molecule has 8 aromatic rings. The summed E-state index contributed by atoms with van der Waals surface area (Å²) in [7, 11) is 0.